The maximum absolute atomic E-state index is 11.9. The fourth-order valence-corrected chi connectivity index (χ4v) is 2.73. The second-order valence-corrected chi connectivity index (χ2v) is 5.76. The van der Waals surface area contributed by atoms with Crippen molar-refractivity contribution in [1.29, 1.82) is 0 Å². The molecule has 1 unspecified atom stereocenters. The van der Waals surface area contributed by atoms with Crippen molar-refractivity contribution >= 4 is 22.5 Å². The number of amides is 1. The largest absolute Gasteiger partial charge is 0.378 e. The Hall–Kier alpha value is -1.85. The minimum absolute atomic E-state index is 0.0288. The van der Waals surface area contributed by atoms with Gasteiger partial charge in [-0.1, -0.05) is 0 Å². The Labute approximate surface area is 130 Å². The minimum atomic E-state index is -0.0288. The minimum Gasteiger partial charge on any atom is -0.378 e. The lowest BCUT2D eigenvalue weighted by molar-refractivity contribution is -0.117. The van der Waals surface area contributed by atoms with E-state index in [0.717, 1.165) is 41.7 Å². The number of rotatable bonds is 6. The lowest BCUT2D eigenvalue weighted by Crippen LogP contribution is -2.18. The zero-order chi connectivity index (χ0) is 15.4. The van der Waals surface area contributed by atoms with Gasteiger partial charge in [0.05, 0.1) is 25.7 Å². The van der Waals surface area contributed by atoms with E-state index in [2.05, 4.69) is 16.4 Å². The first kappa shape index (κ1) is 15.1. The van der Waals surface area contributed by atoms with E-state index in [0.29, 0.717) is 19.6 Å². The van der Waals surface area contributed by atoms with Crippen LogP contribution >= 0.6 is 0 Å². The quantitative estimate of drug-likeness (QED) is 0.806. The highest BCUT2D eigenvalue weighted by molar-refractivity contribution is 5.93. The van der Waals surface area contributed by atoms with Crippen LogP contribution in [0.25, 0.3) is 10.9 Å². The SMILES string of the molecule is Cc1cc2cc(NC(=O)CCOCC3CCCO3)ccc2[nH]1. The van der Waals surface area contributed by atoms with E-state index in [4.69, 9.17) is 9.47 Å². The smallest absolute Gasteiger partial charge is 0.226 e. The van der Waals surface area contributed by atoms with Crippen LogP contribution in [0.15, 0.2) is 24.3 Å². The van der Waals surface area contributed by atoms with Crippen LogP contribution in [0.3, 0.4) is 0 Å². The van der Waals surface area contributed by atoms with E-state index < -0.39 is 0 Å². The number of aromatic nitrogens is 1. The molecular weight excluding hydrogens is 280 g/mol. The number of anilines is 1. The molecule has 0 bridgehead atoms. The van der Waals surface area contributed by atoms with Gasteiger partial charge in [-0.05, 0) is 44.0 Å². The third-order valence-electron chi connectivity index (χ3n) is 3.84. The molecule has 1 aliphatic heterocycles. The Morgan fingerprint density at radius 2 is 2.36 bits per heavy atom. The average molecular weight is 302 g/mol. The molecule has 2 heterocycles. The summed E-state index contributed by atoms with van der Waals surface area (Å²) in [6.45, 7) is 3.86. The van der Waals surface area contributed by atoms with Crippen LogP contribution in [0.4, 0.5) is 5.69 Å². The molecule has 118 valence electrons. The summed E-state index contributed by atoms with van der Waals surface area (Å²) in [7, 11) is 0. The van der Waals surface area contributed by atoms with Gasteiger partial charge in [0.2, 0.25) is 5.91 Å². The van der Waals surface area contributed by atoms with E-state index >= 15 is 0 Å². The van der Waals surface area contributed by atoms with E-state index in [9.17, 15) is 4.79 Å². The van der Waals surface area contributed by atoms with Gasteiger partial charge in [0.1, 0.15) is 0 Å². The van der Waals surface area contributed by atoms with E-state index in [-0.39, 0.29) is 12.0 Å². The van der Waals surface area contributed by atoms with Crippen molar-refractivity contribution in [1.82, 2.24) is 4.98 Å². The maximum atomic E-state index is 11.9. The second-order valence-electron chi connectivity index (χ2n) is 5.76. The molecule has 0 aliphatic carbocycles. The number of benzene rings is 1. The van der Waals surface area contributed by atoms with Gasteiger partial charge < -0.3 is 19.8 Å². The van der Waals surface area contributed by atoms with Gasteiger partial charge in [0.25, 0.3) is 0 Å². The molecule has 1 atom stereocenters. The average Bonchev–Trinajstić information content (AvgIpc) is 3.11. The third kappa shape index (κ3) is 3.87. The van der Waals surface area contributed by atoms with Crippen LogP contribution in [-0.4, -0.2) is 36.8 Å². The standard InChI is InChI=1S/C17H22N2O3/c1-12-9-13-10-14(4-5-16(13)18-12)19-17(20)6-8-21-11-15-3-2-7-22-15/h4-5,9-10,15,18H,2-3,6-8,11H2,1H3,(H,19,20). The van der Waals surface area contributed by atoms with E-state index in [1.807, 2.05) is 25.1 Å². The Balaban J connectivity index is 1.43. The van der Waals surface area contributed by atoms with Crippen molar-refractivity contribution < 1.29 is 14.3 Å². The summed E-state index contributed by atoms with van der Waals surface area (Å²) in [5, 5.41) is 4.01. The molecular formula is C17H22N2O3. The predicted octanol–water partition coefficient (Wildman–Crippen LogP) is 3.00. The number of carbonyl (C=O) groups is 1. The molecule has 2 aromatic rings. The molecule has 1 aromatic heterocycles. The van der Waals surface area contributed by atoms with Crippen molar-refractivity contribution in [2.45, 2.75) is 32.3 Å². The molecule has 1 saturated heterocycles. The topological polar surface area (TPSA) is 63.4 Å². The van der Waals surface area contributed by atoms with Crippen molar-refractivity contribution in [2.75, 3.05) is 25.1 Å². The number of ether oxygens (including phenoxy) is 2. The maximum Gasteiger partial charge on any atom is 0.226 e. The molecule has 5 nitrogen and oxygen atoms in total. The fourth-order valence-electron chi connectivity index (χ4n) is 2.73. The van der Waals surface area contributed by atoms with Crippen LogP contribution in [0.5, 0.6) is 0 Å². The second kappa shape index (κ2) is 6.94. The molecule has 0 radical (unpaired) electrons. The molecule has 0 spiro atoms. The molecule has 1 amide bonds. The summed E-state index contributed by atoms with van der Waals surface area (Å²) in [6.07, 6.45) is 2.73. The molecule has 5 heteroatoms. The summed E-state index contributed by atoms with van der Waals surface area (Å²) in [5.41, 5.74) is 3.01. The van der Waals surface area contributed by atoms with Gasteiger partial charge in [-0.3, -0.25) is 4.79 Å². The van der Waals surface area contributed by atoms with Crippen LogP contribution < -0.4 is 5.32 Å². The summed E-state index contributed by atoms with van der Waals surface area (Å²) < 4.78 is 11.0. The molecule has 1 fully saturated rings. The number of H-pyrrole nitrogens is 1. The molecule has 1 aromatic carbocycles. The summed E-state index contributed by atoms with van der Waals surface area (Å²) in [4.78, 5) is 15.2. The number of fused-ring (bicyclic) bond motifs is 1. The van der Waals surface area contributed by atoms with Gasteiger partial charge in [0, 0.05) is 28.9 Å². The number of hydrogen-bond acceptors (Lipinski definition) is 3. The first-order valence-electron chi connectivity index (χ1n) is 7.79. The molecule has 1 aliphatic rings. The zero-order valence-electron chi connectivity index (χ0n) is 12.9. The van der Waals surface area contributed by atoms with Gasteiger partial charge in [-0.15, -0.1) is 0 Å². The Morgan fingerprint density at radius 1 is 1.45 bits per heavy atom. The van der Waals surface area contributed by atoms with E-state index in [1.165, 1.54) is 0 Å². The monoisotopic (exact) mass is 302 g/mol. The van der Waals surface area contributed by atoms with E-state index in [1.54, 1.807) is 0 Å². The first-order valence-corrected chi connectivity index (χ1v) is 7.79. The zero-order valence-corrected chi connectivity index (χ0v) is 12.9. The highest BCUT2D eigenvalue weighted by Gasteiger charge is 2.15. The number of carbonyl (C=O) groups excluding carboxylic acids is 1. The van der Waals surface area contributed by atoms with Crippen LogP contribution in [0.1, 0.15) is 25.0 Å². The first-order chi connectivity index (χ1) is 10.7. The fraction of sp³-hybridized carbons (Fsp3) is 0.471. The summed E-state index contributed by atoms with van der Waals surface area (Å²) >= 11 is 0. The van der Waals surface area contributed by atoms with Crippen molar-refractivity contribution in [2.24, 2.45) is 0 Å². The van der Waals surface area contributed by atoms with Crippen LogP contribution in [0.2, 0.25) is 0 Å². The van der Waals surface area contributed by atoms with Crippen molar-refractivity contribution in [3.8, 4) is 0 Å². The normalized spacial score (nSPS) is 18.0. The highest BCUT2D eigenvalue weighted by atomic mass is 16.5. The summed E-state index contributed by atoms with van der Waals surface area (Å²) in [5.74, 6) is -0.0288. The lowest BCUT2D eigenvalue weighted by Gasteiger charge is -2.10. The Bertz CT molecular complexity index is 644. The number of aromatic amines is 1. The van der Waals surface area contributed by atoms with Crippen LogP contribution in [-0.2, 0) is 14.3 Å². The van der Waals surface area contributed by atoms with Gasteiger partial charge >= 0.3 is 0 Å². The number of nitrogens with one attached hydrogen (secondary N) is 2. The predicted molar refractivity (Wildman–Crippen MR) is 86.1 cm³/mol. The molecule has 3 rings (SSSR count). The van der Waals surface area contributed by atoms with Crippen molar-refractivity contribution in [3.05, 3.63) is 30.0 Å². The number of hydrogen-bond donors (Lipinski definition) is 2. The van der Waals surface area contributed by atoms with Gasteiger partial charge in [-0.25, -0.2) is 0 Å². The van der Waals surface area contributed by atoms with Gasteiger partial charge in [0.15, 0.2) is 0 Å². The Kier molecular flexibility index (Phi) is 4.75. The molecule has 22 heavy (non-hydrogen) atoms. The third-order valence-corrected chi connectivity index (χ3v) is 3.84. The number of aryl methyl sites for hydroxylation is 1. The summed E-state index contributed by atoms with van der Waals surface area (Å²) in [6, 6.07) is 7.93. The lowest BCUT2D eigenvalue weighted by atomic mass is 10.2. The van der Waals surface area contributed by atoms with Crippen molar-refractivity contribution in [3.63, 3.8) is 0 Å². The Morgan fingerprint density at radius 3 is 3.18 bits per heavy atom. The highest BCUT2D eigenvalue weighted by Crippen LogP contribution is 2.20. The van der Waals surface area contributed by atoms with Crippen LogP contribution in [0, 0.1) is 6.92 Å². The molecule has 2 N–H and O–H groups in total. The van der Waals surface area contributed by atoms with Gasteiger partial charge in [-0.2, -0.15) is 0 Å². The molecule has 0 saturated carbocycles.